The fraction of sp³-hybridized carbons (Fsp3) is 0.500. The van der Waals surface area contributed by atoms with Crippen LogP contribution in [0.4, 0.5) is 0 Å². The Balaban J connectivity index is 2.97. The highest BCUT2D eigenvalue weighted by Crippen LogP contribution is 2.27. The Morgan fingerprint density at radius 3 is 2.11 bits per heavy atom. The Morgan fingerprint density at radius 1 is 1.44 bits per heavy atom. The molecule has 1 aliphatic rings. The lowest BCUT2D eigenvalue weighted by molar-refractivity contribution is 0.875. The molecule has 0 spiro atoms. The van der Waals surface area contributed by atoms with Crippen molar-refractivity contribution in [1.29, 1.82) is 0 Å². The fourth-order valence-electron chi connectivity index (χ4n) is 1.05. The molecule has 0 saturated heterocycles. The third-order valence-corrected chi connectivity index (χ3v) is 2.64. The summed E-state index contributed by atoms with van der Waals surface area (Å²) in [5.41, 5.74) is 2.89. The topological polar surface area (TPSA) is 0 Å². The van der Waals surface area contributed by atoms with E-state index in [1.807, 2.05) is 0 Å². The van der Waals surface area contributed by atoms with Crippen molar-refractivity contribution < 1.29 is 0 Å². The molecule has 1 rings (SSSR count). The maximum Gasteiger partial charge on any atom is 0.0711 e. The van der Waals surface area contributed by atoms with Gasteiger partial charge >= 0.3 is 0 Å². The molecule has 0 aliphatic heterocycles. The van der Waals surface area contributed by atoms with Crippen LogP contribution >= 0.6 is 0 Å². The minimum absolute atomic E-state index is 0.637. The van der Waals surface area contributed by atoms with Crippen LogP contribution in [0.5, 0.6) is 0 Å². The standard InChI is InChI=1S/C8H11Si/c1-5-4-8(9)7(3)6(5)2/h4-5H,1-3H3. The number of hydrogen-bond donors (Lipinski definition) is 0. The van der Waals surface area contributed by atoms with Gasteiger partial charge in [-0.2, -0.15) is 0 Å². The zero-order chi connectivity index (χ0) is 7.02. The lowest BCUT2D eigenvalue weighted by atomic mass is 10.1. The Morgan fingerprint density at radius 2 is 2.00 bits per heavy atom. The first-order valence-corrected chi connectivity index (χ1v) is 3.74. The van der Waals surface area contributed by atoms with E-state index < -0.39 is 0 Å². The maximum absolute atomic E-state index is 3.54. The van der Waals surface area contributed by atoms with Crippen LogP contribution in [0.3, 0.4) is 0 Å². The Kier molecular flexibility index (Phi) is 1.62. The van der Waals surface area contributed by atoms with Crippen LogP contribution in [0.1, 0.15) is 20.8 Å². The summed E-state index contributed by atoms with van der Waals surface area (Å²) in [6.07, 6.45) is 2.24. The van der Waals surface area contributed by atoms with E-state index in [1.54, 1.807) is 0 Å². The van der Waals surface area contributed by atoms with E-state index in [-0.39, 0.29) is 0 Å². The second-order valence-electron chi connectivity index (χ2n) is 2.68. The maximum atomic E-state index is 3.54. The van der Waals surface area contributed by atoms with Crippen LogP contribution in [0.25, 0.3) is 0 Å². The number of allylic oxidation sites excluding steroid dienone is 4. The van der Waals surface area contributed by atoms with Crippen LogP contribution < -0.4 is 0 Å². The molecule has 1 heteroatoms. The van der Waals surface area contributed by atoms with Crippen molar-refractivity contribution in [2.24, 2.45) is 5.92 Å². The Bertz CT molecular complexity index is 187. The first-order chi connectivity index (χ1) is 4.13. The van der Waals surface area contributed by atoms with Gasteiger partial charge in [0.15, 0.2) is 0 Å². The Hall–Kier alpha value is -0.303. The molecule has 0 aromatic heterocycles. The van der Waals surface area contributed by atoms with Gasteiger partial charge in [0.25, 0.3) is 0 Å². The number of rotatable bonds is 0. The monoisotopic (exact) mass is 135 g/mol. The molecule has 0 aromatic carbocycles. The van der Waals surface area contributed by atoms with Gasteiger partial charge in [-0.15, -0.1) is 0 Å². The lowest BCUT2D eigenvalue weighted by Crippen LogP contribution is -1.85. The largest absolute Gasteiger partial charge is 0.0789 e. The van der Waals surface area contributed by atoms with Crippen molar-refractivity contribution in [3.63, 3.8) is 0 Å². The van der Waals surface area contributed by atoms with Gasteiger partial charge in [0.2, 0.25) is 0 Å². The smallest absolute Gasteiger partial charge is 0.0711 e. The fourth-order valence-corrected chi connectivity index (χ4v) is 1.50. The Labute approximate surface area is 60.1 Å². The summed E-state index contributed by atoms with van der Waals surface area (Å²) >= 11 is 0. The molecule has 0 saturated carbocycles. The molecular weight excluding hydrogens is 124 g/mol. The molecule has 1 unspecified atom stereocenters. The van der Waals surface area contributed by atoms with Crippen molar-refractivity contribution in [2.75, 3.05) is 0 Å². The van der Waals surface area contributed by atoms with Gasteiger partial charge < -0.3 is 0 Å². The van der Waals surface area contributed by atoms with Crippen molar-refractivity contribution in [3.8, 4) is 0 Å². The summed E-state index contributed by atoms with van der Waals surface area (Å²) in [7, 11) is 3.54. The van der Waals surface area contributed by atoms with Crippen molar-refractivity contribution in [2.45, 2.75) is 20.8 Å². The summed E-state index contributed by atoms with van der Waals surface area (Å²) in [6, 6.07) is 0. The summed E-state index contributed by atoms with van der Waals surface area (Å²) in [5, 5.41) is 1.26. The van der Waals surface area contributed by atoms with Crippen molar-refractivity contribution in [1.82, 2.24) is 0 Å². The molecule has 1 atom stereocenters. The molecule has 0 fully saturated rings. The van der Waals surface area contributed by atoms with E-state index in [0.717, 1.165) is 0 Å². The molecule has 0 aromatic rings. The zero-order valence-corrected chi connectivity index (χ0v) is 7.15. The average molecular weight is 135 g/mol. The minimum atomic E-state index is 0.637. The SMILES string of the molecule is CC1=C(C)C(C)C=C1[Si]. The van der Waals surface area contributed by atoms with E-state index in [0.29, 0.717) is 5.92 Å². The molecular formula is C8H11Si. The van der Waals surface area contributed by atoms with Crippen LogP contribution in [0.15, 0.2) is 22.4 Å². The third kappa shape index (κ3) is 1.01. The molecule has 3 radical (unpaired) electrons. The second-order valence-corrected chi connectivity index (χ2v) is 3.22. The number of hydrogen-bond acceptors (Lipinski definition) is 0. The van der Waals surface area contributed by atoms with Gasteiger partial charge in [0.05, 0.1) is 10.2 Å². The highest BCUT2D eigenvalue weighted by molar-refractivity contribution is 6.24. The van der Waals surface area contributed by atoms with Crippen molar-refractivity contribution in [3.05, 3.63) is 22.4 Å². The molecule has 0 bridgehead atoms. The lowest BCUT2D eigenvalue weighted by Gasteiger charge is -2.00. The molecule has 1 aliphatic carbocycles. The highest BCUT2D eigenvalue weighted by atomic mass is 28.1. The van der Waals surface area contributed by atoms with Gasteiger partial charge in [0.1, 0.15) is 0 Å². The molecule has 47 valence electrons. The summed E-state index contributed by atoms with van der Waals surface area (Å²) < 4.78 is 0. The molecule has 0 amide bonds. The highest BCUT2D eigenvalue weighted by Gasteiger charge is 2.12. The summed E-state index contributed by atoms with van der Waals surface area (Å²) in [6.45, 7) is 6.55. The zero-order valence-electron chi connectivity index (χ0n) is 6.15. The third-order valence-electron chi connectivity index (χ3n) is 2.10. The second kappa shape index (κ2) is 2.14. The van der Waals surface area contributed by atoms with Crippen LogP contribution in [-0.4, -0.2) is 10.2 Å². The van der Waals surface area contributed by atoms with Crippen LogP contribution in [-0.2, 0) is 0 Å². The van der Waals surface area contributed by atoms with Gasteiger partial charge in [-0.3, -0.25) is 0 Å². The van der Waals surface area contributed by atoms with E-state index in [2.05, 4.69) is 37.1 Å². The molecule has 0 N–H and O–H groups in total. The quantitative estimate of drug-likeness (QED) is 0.446. The van der Waals surface area contributed by atoms with Crippen LogP contribution in [0.2, 0.25) is 0 Å². The van der Waals surface area contributed by atoms with Gasteiger partial charge in [-0.05, 0) is 19.8 Å². The summed E-state index contributed by atoms with van der Waals surface area (Å²) in [5.74, 6) is 0.637. The van der Waals surface area contributed by atoms with Gasteiger partial charge in [-0.25, -0.2) is 0 Å². The normalized spacial score (nSPS) is 27.1. The van der Waals surface area contributed by atoms with E-state index in [4.69, 9.17) is 0 Å². The average Bonchev–Trinajstić information content (AvgIpc) is 1.98. The van der Waals surface area contributed by atoms with E-state index in [9.17, 15) is 0 Å². The minimum Gasteiger partial charge on any atom is -0.0789 e. The molecule has 0 nitrogen and oxygen atoms in total. The van der Waals surface area contributed by atoms with Crippen LogP contribution in [0, 0.1) is 5.92 Å². The molecule has 0 heterocycles. The summed E-state index contributed by atoms with van der Waals surface area (Å²) in [4.78, 5) is 0. The predicted octanol–water partition coefficient (Wildman–Crippen LogP) is 2.02. The molecule has 9 heavy (non-hydrogen) atoms. The first kappa shape index (κ1) is 6.81. The van der Waals surface area contributed by atoms with E-state index >= 15 is 0 Å². The van der Waals surface area contributed by atoms with Crippen molar-refractivity contribution >= 4 is 10.2 Å². The predicted molar refractivity (Wildman–Crippen MR) is 41.4 cm³/mol. The first-order valence-electron chi connectivity index (χ1n) is 3.24. The van der Waals surface area contributed by atoms with Gasteiger partial charge in [0, 0.05) is 0 Å². The van der Waals surface area contributed by atoms with E-state index in [1.165, 1.54) is 16.3 Å². The van der Waals surface area contributed by atoms with Gasteiger partial charge in [-0.1, -0.05) is 29.3 Å².